The third kappa shape index (κ3) is 2.89. The molecule has 1 heterocycles. The second kappa shape index (κ2) is 5.87. The molecule has 0 aliphatic rings. The zero-order valence-corrected chi connectivity index (χ0v) is 10.3. The summed E-state index contributed by atoms with van der Waals surface area (Å²) in [7, 11) is 0. The highest BCUT2D eigenvalue weighted by molar-refractivity contribution is 5.61. The van der Waals surface area contributed by atoms with E-state index in [1.54, 1.807) is 0 Å². The summed E-state index contributed by atoms with van der Waals surface area (Å²) in [6, 6.07) is 11.8. The van der Waals surface area contributed by atoms with Gasteiger partial charge in [0.05, 0.1) is 24.8 Å². The molecule has 92 valence electrons. The van der Waals surface area contributed by atoms with E-state index >= 15 is 0 Å². The Hall–Kier alpha value is -2.28. The number of nitriles is 1. The largest absolute Gasteiger partial charge is 0.494 e. The predicted molar refractivity (Wildman–Crippen MR) is 69.1 cm³/mol. The number of rotatable bonds is 5. The molecule has 1 aromatic heterocycles. The van der Waals surface area contributed by atoms with Gasteiger partial charge in [-0.3, -0.25) is 5.10 Å². The van der Waals surface area contributed by atoms with Crippen LogP contribution in [-0.2, 0) is 6.42 Å². The maximum Gasteiger partial charge on any atom is 0.119 e. The minimum atomic E-state index is 0.346. The molecule has 0 radical (unpaired) electrons. The summed E-state index contributed by atoms with van der Waals surface area (Å²) in [5.74, 6) is 0.846. The van der Waals surface area contributed by atoms with E-state index in [0.717, 1.165) is 29.1 Å². The molecule has 0 bridgehead atoms. The minimum absolute atomic E-state index is 0.346. The lowest BCUT2D eigenvalue weighted by Crippen LogP contribution is -1.94. The molecule has 0 unspecified atom stereocenters. The number of hydrogen-bond acceptors (Lipinski definition) is 3. The Bertz CT molecular complexity index is 554. The quantitative estimate of drug-likeness (QED) is 0.875. The molecule has 4 heteroatoms. The maximum absolute atomic E-state index is 8.62. The van der Waals surface area contributed by atoms with Crippen LogP contribution in [0.3, 0.4) is 0 Å². The van der Waals surface area contributed by atoms with Crippen LogP contribution in [-0.4, -0.2) is 16.8 Å². The van der Waals surface area contributed by atoms with E-state index in [4.69, 9.17) is 10.00 Å². The smallest absolute Gasteiger partial charge is 0.119 e. The third-order valence-corrected chi connectivity index (χ3v) is 2.50. The first kappa shape index (κ1) is 12.2. The lowest BCUT2D eigenvalue weighted by atomic mass is 10.1. The molecule has 0 aliphatic heterocycles. The summed E-state index contributed by atoms with van der Waals surface area (Å²) in [6.45, 7) is 2.79. The van der Waals surface area contributed by atoms with Crippen molar-refractivity contribution in [2.75, 3.05) is 6.61 Å². The molecule has 0 amide bonds. The normalized spacial score (nSPS) is 10.0. The van der Waals surface area contributed by atoms with Gasteiger partial charge in [0.2, 0.25) is 0 Å². The minimum Gasteiger partial charge on any atom is -0.494 e. The Morgan fingerprint density at radius 3 is 3.06 bits per heavy atom. The van der Waals surface area contributed by atoms with Crippen LogP contribution in [0.2, 0.25) is 0 Å². The molecule has 0 saturated carbocycles. The molecule has 18 heavy (non-hydrogen) atoms. The summed E-state index contributed by atoms with van der Waals surface area (Å²) in [6.07, 6.45) is 1.33. The van der Waals surface area contributed by atoms with Crippen molar-refractivity contribution in [1.82, 2.24) is 10.2 Å². The van der Waals surface area contributed by atoms with Crippen LogP contribution in [0, 0.1) is 11.3 Å². The lowest BCUT2D eigenvalue weighted by Gasteiger charge is -2.05. The molecule has 4 nitrogen and oxygen atoms in total. The summed E-state index contributed by atoms with van der Waals surface area (Å²) in [5.41, 5.74) is 2.65. The Kier molecular flexibility index (Phi) is 3.98. The fourth-order valence-electron chi connectivity index (χ4n) is 1.65. The van der Waals surface area contributed by atoms with Crippen molar-refractivity contribution in [2.24, 2.45) is 0 Å². The zero-order valence-electron chi connectivity index (χ0n) is 10.3. The standard InChI is InChI=1S/C14H15N3O/c1-2-8-18-13-5-3-4-11(9-13)14-10-12(6-7-15)16-17-14/h3-5,9-10H,2,6,8H2,1H3,(H,16,17). The van der Waals surface area contributed by atoms with Crippen LogP contribution in [0.25, 0.3) is 11.3 Å². The first-order valence-corrected chi connectivity index (χ1v) is 5.98. The van der Waals surface area contributed by atoms with E-state index in [1.165, 1.54) is 0 Å². The molecule has 2 aromatic rings. The van der Waals surface area contributed by atoms with Gasteiger partial charge < -0.3 is 4.74 Å². The third-order valence-electron chi connectivity index (χ3n) is 2.50. The molecule has 1 aromatic carbocycles. The van der Waals surface area contributed by atoms with Gasteiger partial charge in [0.15, 0.2) is 0 Å². The number of ether oxygens (including phenoxy) is 1. The van der Waals surface area contributed by atoms with E-state index in [2.05, 4.69) is 23.2 Å². The fraction of sp³-hybridized carbons (Fsp3) is 0.286. The van der Waals surface area contributed by atoms with Crippen molar-refractivity contribution in [3.8, 4) is 23.1 Å². The highest BCUT2D eigenvalue weighted by atomic mass is 16.5. The monoisotopic (exact) mass is 241 g/mol. The van der Waals surface area contributed by atoms with E-state index in [1.807, 2.05) is 30.3 Å². The second-order valence-corrected chi connectivity index (χ2v) is 3.99. The number of nitrogens with one attached hydrogen (secondary N) is 1. The van der Waals surface area contributed by atoms with Gasteiger partial charge in [-0.1, -0.05) is 19.1 Å². The van der Waals surface area contributed by atoms with Gasteiger partial charge in [0.25, 0.3) is 0 Å². The molecular formula is C14H15N3O. The van der Waals surface area contributed by atoms with Gasteiger partial charge in [-0.15, -0.1) is 0 Å². The fourth-order valence-corrected chi connectivity index (χ4v) is 1.65. The van der Waals surface area contributed by atoms with Crippen molar-refractivity contribution < 1.29 is 4.74 Å². The lowest BCUT2D eigenvalue weighted by molar-refractivity contribution is 0.317. The SMILES string of the molecule is CCCOc1cccc(-c2cc(CC#N)[nH]n2)c1. The average molecular weight is 241 g/mol. The summed E-state index contributed by atoms with van der Waals surface area (Å²) in [5, 5.41) is 15.7. The van der Waals surface area contributed by atoms with Gasteiger partial charge in [0.1, 0.15) is 5.75 Å². The number of nitrogens with zero attached hydrogens (tertiary/aromatic N) is 2. The Labute approximate surface area is 106 Å². The summed E-state index contributed by atoms with van der Waals surface area (Å²) in [4.78, 5) is 0. The molecule has 0 aliphatic carbocycles. The molecule has 0 spiro atoms. The first-order valence-electron chi connectivity index (χ1n) is 5.98. The highest BCUT2D eigenvalue weighted by Gasteiger charge is 2.04. The molecule has 0 saturated heterocycles. The van der Waals surface area contributed by atoms with Crippen molar-refractivity contribution >= 4 is 0 Å². The number of benzene rings is 1. The topological polar surface area (TPSA) is 61.7 Å². The first-order chi connectivity index (χ1) is 8.83. The number of aromatic nitrogens is 2. The maximum atomic E-state index is 8.62. The second-order valence-electron chi connectivity index (χ2n) is 3.99. The summed E-state index contributed by atoms with van der Waals surface area (Å²) >= 11 is 0. The van der Waals surface area contributed by atoms with Gasteiger partial charge in [-0.05, 0) is 24.6 Å². The highest BCUT2D eigenvalue weighted by Crippen LogP contribution is 2.22. The zero-order chi connectivity index (χ0) is 12.8. The average Bonchev–Trinajstić information content (AvgIpc) is 2.86. The number of H-pyrrole nitrogens is 1. The van der Waals surface area contributed by atoms with Crippen molar-refractivity contribution in [3.05, 3.63) is 36.0 Å². The Morgan fingerprint density at radius 2 is 2.28 bits per heavy atom. The van der Waals surface area contributed by atoms with E-state index in [-0.39, 0.29) is 0 Å². The molecule has 0 fully saturated rings. The van der Waals surface area contributed by atoms with E-state index < -0.39 is 0 Å². The number of aromatic amines is 1. The van der Waals surface area contributed by atoms with E-state index in [0.29, 0.717) is 13.0 Å². The Morgan fingerprint density at radius 1 is 1.39 bits per heavy atom. The molecule has 2 rings (SSSR count). The molecule has 0 atom stereocenters. The number of hydrogen-bond donors (Lipinski definition) is 1. The van der Waals surface area contributed by atoms with Crippen LogP contribution < -0.4 is 4.74 Å². The van der Waals surface area contributed by atoms with Crippen LogP contribution in [0.15, 0.2) is 30.3 Å². The van der Waals surface area contributed by atoms with E-state index in [9.17, 15) is 0 Å². The van der Waals surface area contributed by atoms with Crippen molar-refractivity contribution in [3.63, 3.8) is 0 Å². The van der Waals surface area contributed by atoms with Gasteiger partial charge in [-0.2, -0.15) is 10.4 Å². The van der Waals surface area contributed by atoms with Crippen molar-refractivity contribution in [1.29, 1.82) is 5.26 Å². The van der Waals surface area contributed by atoms with Crippen LogP contribution >= 0.6 is 0 Å². The Balaban J connectivity index is 2.19. The van der Waals surface area contributed by atoms with Crippen LogP contribution in [0.5, 0.6) is 5.75 Å². The predicted octanol–water partition coefficient (Wildman–Crippen LogP) is 2.93. The van der Waals surface area contributed by atoms with Gasteiger partial charge in [-0.25, -0.2) is 0 Å². The molecule has 1 N–H and O–H groups in total. The van der Waals surface area contributed by atoms with Crippen molar-refractivity contribution in [2.45, 2.75) is 19.8 Å². The van der Waals surface area contributed by atoms with Crippen LogP contribution in [0.1, 0.15) is 19.0 Å². The summed E-state index contributed by atoms with van der Waals surface area (Å²) < 4.78 is 5.58. The molecular weight excluding hydrogens is 226 g/mol. The van der Waals surface area contributed by atoms with Gasteiger partial charge in [0, 0.05) is 11.3 Å². The van der Waals surface area contributed by atoms with Gasteiger partial charge >= 0.3 is 0 Å². The van der Waals surface area contributed by atoms with Crippen LogP contribution in [0.4, 0.5) is 0 Å².